The molecule has 3 aromatic heterocycles. The molecule has 0 aromatic carbocycles. The smallest absolute Gasteiger partial charge is 0.329 e. The number of rotatable bonds is 8. The summed E-state index contributed by atoms with van der Waals surface area (Å²) in [6.07, 6.45) is 5.52. The summed E-state index contributed by atoms with van der Waals surface area (Å²) in [7, 11) is -2.64. The fourth-order valence-corrected chi connectivity index (χ4v) is 4.53. The summed E-state index contributed by atoms with van der Waals surface area (Å²) in [4.78, 5) is 15.9. The Morgan fingerprint density at radius 3 is 2.03 bits per heavy atom. The van der Waals surface area contributed by atoms with Crippen LogP contribution in [0.1, 0.15) is 42.2 Å². The molecule has 0 spiro atoms. The van der Waals surface area contributed by atoms with E-state index in [1.165, 1.54) is 0 Å². The number of aryl methyl sites for hydroxylation is 2. The molecule has 0 saturated heterocycles. The van der Waals surface area contributed by atoms with E-state index in [1.54, 1.807) is 19.3 Å². The van der Waals surface area contributed by atoms with Crippen LogP contribution in [0, 0.1) is 13.8 Å². The molecule has 0 atom stereocenters. The highest BCUT2D eigenvalue weighted by Gasteiger charge is 2.29. The number of hydrogen-bond acceptors (Lipinski definition) is 4. The van der Waals surface area contributed by atoms with Gasteiger partial charge >= 0.3 is 7.40 Å². The number of aliphatic imine (C=N–C) groups is 1. The third kappa shape index (κ3) is 5.23. The van der Waals surface area contributed by atoms with Gasteiger partial charge in [-0.3, -0.25) is 28.5 Å². The average molecular weight is 459 g/mol. The topological polar surface area (TPSA) is 46.3 Å². The molecular weight excluding hydrogens is 431 g/mol. The van der Waals surface area contributed by atoms with Gasteiger partial charge in [-0.05, 0) is 75.2 Å². The second-order valence-corrected chi connectivity index (χ2v) is 8.66. The van der Waals surface area contributed by atoms with Gasteiger partial charge in [0, 0.05) is 54.7 Å². The minimum Gasteiger partial charge on any atom is -0.329 e. The molecule has 8 heteroatoms. The van der Waals surface area contributed by atoms with Crippen LogP contribution in [0.4, 0.5) is 8.63 Å². The second-order valence-electron chi connectivity index (χ2n) is 8.66. The van der Waals surface area contributed by atoms with Crippen molar-refractivity contribution in [1.82, 2.24) is 19.3 Å². The Bertz CT molecular complexity index is 1210. The fraction of sp³-hybridized carbons (Fsp3) is 0.269. The molecule has 34 heavy (non-hydrogen) atoms. The Kier molecular flexibility index (Phi) is 7.17. The van der Waals surface area contributed by atoms with Crippen LogP contribution in [0.25, 0.3) is 5.57 Å². The first-order chi connectivity index (χ1) is 16.3. The third-order valence-corrected chi connectivity index (χ3v) is 5.88. The standard InChI is InChI=1S/C26H28BF2N5/c1-18-13-20(3)32-25(18)24(26-19(2)14-21(4)34(26)27(28)29)17-33(15-22-9-5-7-11-30-22)16-23-10-6-8-12-31-23/h5-14H,15-17H2,1-4H3/b25-24-. The van der Waals surface area contributed by atoms with Gasteiger partial charge in [-0.25, -0.2) is 0 Å². The first-order valence-electron chi connectivity index (χ1n) is 11.3. The van der Waals surface area contributed by atoms with E-state index in [0.29, 0.717) is 31.0 Å². The van der Waals surface area contributed by atoms with Crippen LogP contribution in [0.3, 0.4) is 0 Å². The Balaban J connectivity index is 1.82. The molecule has 5 nitrogen and oxygen atoms in total. The zero-order valence-corrected chi connectivity index (χ0v) is 20.0. The van der Waals surface area contributed by atoms with Crippen LogP contribution >= 0.6 is 0 Å². The lowest BCUT2D eigenvalue weighted by Crippen LogP contribution is -2.28. The highest BCUT2D eigenvalue weighted by Crippen LogP contribution is 2.33. The van der Waals surface area contributed by atoms with Crippen LogP contribution in [0.15, 0.2) is 77.2 Å². The minimum atomic E-state index is -2.64. The van der Waals surface area contributed by atoms with E-state index in [0.717, 1.165) is 44.0 Å². The van der Waals surface area contributed by atoms with E-state index in [1.807, 2.05) is 69.3 Å². The minimum absolute atomic E-state index is 0.418. The molecule has 0 amide bonds. The molecule has 3 aromatic rings. The number of nitrogens with zero attached hydrogens (tertiary/aromatic N) is 5. The van der Waals surface area contributed by atoms with Gasteiger partial charge in [0.05, 0.1) is 17.1 Å². The first kappa shape index (κ1) is 23.8. The molecule has 0 saturated carbocycles. The first-order valence-corrected chi connectivity index (χ1v) is 11.3. The van der Waals surface area contributed by atoms with Gasteiger partial charge in [0.1, 0.15) is 0 Å². The molecular formula is C26H28BF2N5. The van der Waals surface area contributed by atoms with Crippen molar-refractivity contribution in [2.45, 2.75) is 40.8 Å². The summed E-state index contributed by atoms with van der Waals surface area (Å²) in [6.45, 7) is 9.03. The maximum Gasteiger partial charge on any atom is 0.677 e. The summed E-state index contributed by atoms with van der Waals surface area (Å²) < 4.78 is 29.5. The van der Waals surface area contributed by atoms with Gasteiger partial charge in [-0.2, -0.15) is 0 Å². The van der Waals surface area contributed by atoms with Gasteiger partial charge in [-0.15, -0.1) is 0 Å². The maximum absolute atomic E-state index is 14.2. The summed E-state index contributed by atoms with van der Waals surface area (Å²) >= 11 is 0. The fourth-order valence-electron chi connectivity index (χ4n) is 4.53. The Labute approximate surface area is 199 Å². The molecule has 0 fully saturated rings. The molecule has 4 rings (SSSR count). The summed E-state index contributed by atoms with van der Waals surface area (Å²) in [5.74, 6) is 0. The SMILES string of the molecule is CC1=CC(C)=N/C1=C(/CN(Cc1ccccn1)Cc1ccccn1)c1c(C)cc(C)n1B(F)F. The lowest BCUT2D eigenvalue weighted by Gasteiger charge is -2.25. The molecule has 0 unspecified atom stereocenters. The van der Waals surface area contributed by atoms with E-state index in [2.05, 4.69) is 14.9 Å². The van der Waals surface area contributed by atoms with Crippen molar-refractivity contribution in [3.63, 3.8) is 0 Å². The molecule has 0 radical (unpaired) electrons. The molecule has 0 bridgehead atoms. The van der Waals surface area contributed by atoms with Crippen molar-refractivity contribution in [2.24, 2.45) is 4.99 Å². The van der Waals surface area contributed by atoms with Crippen LogP contribution < -0.4 is 0 Å². The van der Waals surface area contributed by atoms with Gasteiger partial charge in [-0.1, -0.05) is 12.1 Å². The maximum atomic E-state index is 14.2. The quantitative estimate of drug-likeness (QED) is 0.418. The molecule has 4 heterocycles. The molecule has 0 aliphatic carbocycles. The second kappa shape index (κ2) is 10.3. The number of allylic oxidation sites excluding steroid dienone is 2. The van der Waals surface area contributed by atoms with E-state index >= 15 is 0 Å². The van der Waals surface area contributed by atoms with E-state index in [-0.39, 0.29) is 0 Å². The molecule has 1 aliphatic heterocycles. The predicted octanol–water partition coefficient (Wildman–Crippen LogP) is 5.50. The largest absolute Gasteiger partial charge is 0.677 e. The van der Waals surface area contributed by atoms with Gasteiger partial charge < -0.3 is 4.48 Å². The van der Waals surface area contributed by atoms with Crippen LogP contribution in [-0.2, 0) is 13.1 Å². The molecule has 0 N–H and O–H groups in total. The zero-order valence-electron chi connectivity index (χ0n) is 20.0. The highest BCUT2D eigenvalue weighted by molar-refractivity contribution is 6.41. The predicted molar refractivity (Wildman–Crippen MR) is 134 cm³/mol. The van der Waals surface area contributed by atoms with Crippen molar-refractivity contribution in [1.29, 1.82) is 0 Å². The van der Waals surface area contributed by atoms with Crippen molar-refractivity contribution in [3.8, 4) is 0 Å². The molecule has 1 aliphatic rings. The van der Waals surface area contributed by atoms with E-state index in [9.17, 15) is 8.63 Å². The number of aromatic nitrogens is 3. The van der Waals surface area contributed by atoms with Crippen LogP contribution in [0.2, 0.25) is 0 Å². The summed E-state index contributed by atoms with van der Waals surface area (Å²) in [5, 5.41) is 0. The number of pyridine rings is 2. The lowest BCUT2D eigenvalue weighted by molar-refractivity contribution is 0.282. The Morgan fingerprint density at radius 2 is 1.56 bits per heavy atom. The Morgan fingerprint density at radius 1 is 0.941 bits per heavy atom. The Hall–Kier alpha value is -3.39. The van der Waals surface area contributed by atoms with Gasteiger partial charge in [0.25, 0.3) is 0 Å². The third-order valence-electron chi connectivity index (χ3n) is 5.88. The lowest BCUT2D eigenvalue weighted by atomic mass is 10.0. The van der Waals surface area contributed by atoms with Crippen LogP contribution in [-0.4, -0.2) is 39.0 Å². The summed E-state index contributed by atoms with van der Waals surface area (Å²) in [5.41, 5.74) is 7.05. The normalized spacial score (nSPS) is 14.9. The van der Waals surface area contributed by atoms with Gasteiger partial charge in [0.15, 0.2) is 0 Å². The highest BCUT2D eigenvalue weighted by atomic mass is 19.2. The number of halogens is 2. The average Bonchev–Trinajstić information content (AvgIpc) is 3.29. The van der Waals surface area contributed by atoms with E-state index < -0.39 is 7.40 Å². The number of hydrogen-bond donors (Lipinski definition) is 0. The van der Waals surface area contributed by atoms with E-state index in [4.69, 9.17) is 4.99 Å². The monoisotopic (exact) mass is 459 g/mol. The van der Waals surface area contributed by atoms with Gasteiger partial charge in [0.2, 0.25) is 0 Å². The molecule has 174 valence electrons. The van der Waals surface area contributed by atoms with Crippen LogP contribution in [0.5, 0.6) is 0 Å². The van der Waals surface area contributed by atoms with Crippen molar-refractivity contribution >= 4 is 18.7 Å². The van der Waals surface area contributed by atoms with Crippen molar-refractivity contribution in [2.75, 3.05) is 6.54 Å². The van der Waals surface area contributed by atoms with Crippen molar-refractivity contribution in [3.05, 3.63) is 101 Å². The van der Waals surface area contributed by atoms with Crippen molar-refractivity contribution < 1.29 is 8.63 Å². The summed E-state index contributed by atoms with van der Waals surface area (Å²) in [6, 6.07) is 13.4. The zero-order chi connectivity index (χ0) is 24.2.